The van der Waals surface area contributed by atoms with Crippen molar-refractivity contribution in [1.29, 1.82) is 0 Å². The summed E-state index contributed by atoms with van der Waals surface area (Å²) in [6.45, 7) is 1.87. The molecule has 4 rings (SSSR count). The highest BCUT2D eigenvalue weighted by atomic mass is 16.6. The molecule has 7 heteroatoms. The molecular formula is C24H21N3O4. The average Bonchev–Trinajstić information content (AvgIpc) is 2.79. The first-order valence-electron chi connectivity index (χ1n) is 9.71. The Morgan fingerprint density at radius 1 is 1.06 bits per heavy atom. The smallest absolute Gasteiger partial charge is 0.271 e. The van der Waals surface area contributed by atoms with Gasteiger partial charge in [-0.2, -0.15) is 0 Å². The number of aryl methyl sites for hydroxylation is 1. The quantitative estimate of drug-likeness (QED) is 0.325. The van der Waals surface area contributed by atoms with E-state index >= 15 is 0 Å². The Morgan fingerprint density at radius 2 is 1.81 bits per heavy atom. The Morgan fingerprint density at radius 3 is 2.52 bits per heavy atom. The number of rotatable bonds is 6. The lowest BCUT2D eigenvalue weighted by molar-refractivity contribution is -0.384. The lowest BCUT2D eigenvalue weighted by Crippen LogP contribution is -2.13. The number of methoxy groups -OCH3 is 1. The number of nitro benzene ring substituents is 1. The number of hydrogen-bond acceptors (Lipinski definition) is 6. The molecule has 0 bridgehead atoms. The van der Waals surface area contributed by atoms with E-state index in [0.29, 0.717) is 22.5 Å². The van der Waals surface area contributed by atoms with Gasteiger partial charge < -0.3 is 15.2 Å². The predicted molar refractivity (Wildman–Crippen MR) is 120 cm³/mol. The molecular weight excluding hydrogens is 394 g/mol. The van der Waals surface area contributed by atoms with Crippen molar-refractivity contribution in [3.05, 3.63) is 99.7 Å². The Bertz CT molecular complexity index is 1260. The van der Waals surface area contributed by atoms with Crippen LogP contribution in [-0.4, -0.2) is 22.1 Å². The minimum Gasteiger partial charge on any atom is -0.505 e. The first kappa shape index (κ1) is 20.2. The molecule has 0 saturated carbocycles. The molecule has 0 fully saturated rings. The third-order valence-electron chi connectivity index (χ3n) is 5.14. The van der Waals surface area contributed by atoms with Crippen LogP contribution < -0.4 is 10.1 Å². The van der Waals surface area contributed by atoms with Crippen molar-refractivity contribution in [3.8, 4) is 11.5 Å². The Hall–Kier alpha value is -4.13. The van der Waals surface area contributed by atoms with Crippen molar-refractivity contribution in [2.24, 2.45) is 0 Å². The number of ether oxygens (including phenoxy) is 1. The second kappa shape index (κ2) is 8.31. The molecule has 156 valence electrons. The molecule has 0 amide bonds. The number of phenols is 1. The summed E-state index contributed by atoms with van der Waals surface area (Å²) in [6.07, 6.45) is 0. The molecule has 0 saturated heterocycles. The van der Waals surface area contributed by atoms with Gasteiger partial charge in [-0.25, -0.2) is 4.98 Å². The lowest BCUT2D eigenvalue weighted by atomic mass is 9.95. The van der Waals surface area contributed by atoms with Crippen LogP contribution in [0.3, 0.4) is 0 Å². The van der Waals surface area contributed by atoms with Gasteiger partial charge in [-0.1, -0.05) is 48.5 Å². The van der Waals surface area contributed by atoms with Gasteiger partial charge in [-0.05, 0) is 24.6 Å². The number of aromatic nitrogens is 1. The fraction of sp³-hybridized carbons (Fsp3) is 0.125. The largest absolute Gasteiger partial charge is 0.505 e. The molecule has 0 radical (unpaired) electrons. The highest BCUT2D eigenvalue weighted by molar-refractivity contribution is 5.86. The molecule has 1 unspecified atom stereocenters. The minimum absolute atomic E-state index is 0.0601. The third-order valence-corrected chi connectivity index (χ3v) is 5.14. The Kier molecular flexibility index (Phi) is 5.41. The van der Waals surface area contributed by atoms with E-state index in [2.05, 4.69) is 10.3 Å². The number of pyridine rings is 1. The fourth-order valence-electron chi connectivity index (χ4n) is 3.58. The molecule has 31 heavy (non-hydrogen) atoms. The summed E-state index contributed by atoms with van der Waals surface area (Å²) in [7, 11) is 1.50. The van der Waals surface area contributed by atoms with E-state index in [4.69, 9.17) is 4.74 Å². The third kappa shape index (κ3) is 3.98. The number of aromatic hydroxyl groups is 1. The van der Waals surface area contributed by atoms with Crippen molar-refractivity contribution in [2.75, 3.05) is 12.4 Å². The van der Waals surface area contributed by atoms with Crippen LogP contribution in [0.2, 0.25) is 0 Å². The van der Waals surface area contributed by atoms with Gasteiger partial charge in [-0.15, -0.1) is 0 Å². The zero-order chi connectivity index (χ0) is 22.0. The fourth-order valence-corrected chi connectivity index (χ4v) is 3.58. The van der Waals surface area contributed by atoms with E-state index in [1.165, 1.54) is 19.2 Å². The summed E-state index contributed by atoms with van der Waals surface area (Å²) < 4.78 is 5.41. The van der Waals surface area contributed by atoms with Crippen LogP contribution in [0.4, 0.5) is 11.4 Å². The van der Waals surface area contributed by atoms with Gasteiger partial charge >= 0.3 is 0 Å². The minimum atomic E-state index is -0.496. The van der Waals surface area contributed by atoms with E-state index < -0.39 is 11.0 Å². The summed E-state index contributed by atoms with van der Waals surface area (Å²) in [6, 6.07) is 21.0. The Labute approximate surface area is 179 Å². The van der Waals surface area contributed by atoms with Gasteiger partial charge in [0.25, 0.3) is 5.69 Å². The molecule has 1 atom stereocenters. The Balaban J connectivity index is 1.88. The highest BCUT2D eigenvalue weighted by Crippen LogP contribution is 2.39. The molecule has 4 aromatic rings. The van der Waals surface area contributed by atoms with Crippen LogP contribution in [0, 0.1) is 17.0 Å². The molecule has 7 nitrogen and oxygen atoms in total. The zero-order valence-electron chi connectivity index (χ0n) is 17.1. The highest BCUT2D eigenvalue weighted by Gasteiger charge is 2.22. The number of nitro groups is 1. The second-order valence-corrected chi connectivity index (χ2v) is 7.16. The second-order valence-electron chi connectivity index (χ2n) is 7.16. The van der Waals surface area contributed by atoms with Gasteiger partial charge in [0.2, 0.25) is 0 Å². The van der Waals surface area contributed by atoms with Gasteiger partial charge in [0.15, 0.2) is 0 Å². The summed E-state index contributed by atoms with van der Waals surface area (Å²) in [4.78, 5) is 15.3. The number of phenolic OH excluding ortho intramolecular Hbond substituents is 1. The number of benzene rings is 3. The average molecular weight is 415 g/mol. The van der Waals surface area contributed by atoms with E-state index in [1.54, 1.807) is 6.07 Å². The number of anilines is 1. The van der Waals surface area contributed by atoms with Crippen LogP contribution in [0.5, 0.6) is 11.5 Å². The van der Waals surface area contributed by atoms with Crippen LogP contribution in [0.25, 0.3) is 10.9 Å². The number of fused-ring (bicyclic) bond motifs is 1. The SMILES string of the molecule is COc1ccc([N+](=O)[O-])cc1NC(c1ccccc1)c1ccc2ccc(C)nc2c1O. The topological polar surface area (TPSA) is 97.5 Å². The van der Waals surface area contributed by atoms with Crippen molar-refractivity contribution >= 4 is 22.3 Å². The van der Waals surface area contributed by atoms with Crippen molar-refractivity contribution in [2.45, 2.75) is 13.0 Å². The summed E-state index contributed by atoms with van der Waals surface area (Å²) in [5.41, 5.74) is 3.16. The van der Waals surface area contributed by atoms with Crippen LogP contribution >= 0.6 is 0 Å². The summed E-state index contributed by atoms with van der Waals surface area (Å²) in [5, 5.41) is 26.6. The van der Waals surface area contributed by atoms with E-state index in [0.717, 1.165) is 16.6 Å². The monoisotopic (exact) mass is 415 g/mol. The normalized spacial score (nSPS) is 11.8. The maximum atomic E-state index is 11.3. The van der Waals surface area contributed by atoms with Crippen LogP contribution in [-0.2, 0) is 0 Å². The zero-order valence-corrected chi connectivity index (χ0v) is 17.1. The number of non-ortho nitro benzene ring substituents is 1. The molecule has 0 aliphatic heterocycles. The van der Waals surface area contributed by atoms with Gasteiger partial charge in [0.05, 0.1) is 23.8 Å². The number of hydrogen-bond donors (Lipinski definition) is 2. The lowest BCUT2D eigenvalue weighted by Gasteiger charge is -2.23. The maximum Gasteiger partial charge on any atom is 0.271 e. The van der Waals surface area contributed by atoms with E-state index in [1.807, 2.05) is 61.5 Å². The number of nitrogens with zero attached hydrogens (tertiary/aromatic N) is 2. The molecule has 0 aliphatic carbocycles. The maximum absolute atomic E-state index is 11.3. The van der Waals surface area contributed by atoms with Crippen molar-refractivity contribution in [3.63, 3.8) is 0 Å². The molecule has 0 spiro atoms. The standard InChI is InChI=1S/C24H21N3O4/c1-15-8-9-17-10-12-19(24(28)23(17)25-15)22(16-6-4-3-5-7-16)26-20-14-18(27(29)30)11-13-21(20)31-2/h3-14,22,26,28H,1-2H3. The summed E-state index contributed by atoms with van der Waals surface area (Å²) >= 11 is 0. The molecule has 1 aromatic heterocycles. The first-order chi connectivity index (χ1) is 15.0. The molecule has 1 heterocycles. The summed E-state index contributed by atoms with van der Waals surface area (Å²) in [5.74, 6) is 0.521. The van der Waals surface area contributed by atoms with E-state index in [-0.39, 0.29) is 11.4 Å². The number of nitrogens with one attached hydrogen (secondary N) is 1. The van der Waals surface area contributed by atoms with Gasteiger partial charge in [0.1, 0.15) is 17.0 Å². The van der Waals surface area contributed by atoms with E-state index in [9.17, 15) is 15.2 Å². The molecule has 0 aliphatic rings. The first-order valence-corrected chi connectivity index (χ1v) is 9.71. The predicted octanol–water partition coefficient (Wildman–Crippen LogP) is 5.37. The molecule has 3 aromatic carbocycles. The van der Waals surface area contributed by atoms with Crippen molar-refractivity contribution < 1.29 is 14.8 Å². The van der Waals surface area contributed by atoms with Crippen LogP contribution in [0.15, 0.2) is 72.8 Å². The molecule has 2 N–H and O–H groups in total. The van der Waals surface area contributed by atoms with Gasteiger partial charge in [0, 0.05) is 28.8 Å². The van der Waals surface area contributed by atoms with Crippen LogP contribution in [0.1, 0.15) is 22.9 Å². The van der Waals surface area contributed by atoms with Crippen molar-refractivity contribution in [1.82, 2.24) is 4.98 Å². The van der Waals surface area contributed by atoms with Gasteiger partial charge in [-0.3, -0.25) is 10.1 Å².